The summed E-state index contributed by atoms with van der Waals surface area (Å²) in [5.74, 6) is 0. The van der Waals surface area contributed by atoms with Gasteiger partial charge in [0.1, 0.15) is 5.60 Å². The standard InChI is InChI=1S/C22H28N2O4S/c1-22(2,3)28-21(25)24-14-13-23(16-20(24)17-9-6-5-7-10-17)18-11-8-12-19(15-18)29(4,26)27/h5-12,15,20H,13-14,16H2,1-4H3. The fourth-order valence-electron chi connectivity index (χ4n) is 3.43. The van der Waals surface area contributed by atoms with Crippen LogP contribution in [0.15, 0.2) is 59.5 Å². The maximum absolute atomic E-state index is 12.8. The highest BCUT2D eigenvalue weighted by atomic mass is 32.2. The Morgan fingerprint density at radius 1 is 1.03 bits per heavy atom. The molecule has 2 aromatic rings. The van der Waals surface area contributed by atoms with Crippen LogP contribution >= 0.6 is 0 Å². The van der Waals surface area contributed by atoms with Crippen molar-refractivity contribution in [1.82, 2.24) is 4.90 Å². The van der Waals surface area contributed by atoms with E-state index in [0.29, 0.717) is 24.5 Å². The summed E-state index contributed by atoms with van der Waals surface area (Å²) in [6.07, 6.45) is 0.871. The molecule has 6 nitrogen and oxygen atoms in total. The maximum atomic E-state index is 12.8. The quantitative estimate of drug-likeness (QED) is 0.759. The minimum absolute atomic E-state index is 0.193. The third-order valence-corrected chi connectivity index (χ3v) is 5.91. The highest BCUT2D eigenvalue weighted by molar-refractivity contribution is 7.90. The van der Waals surface area contributed by atoms with Gasteiger partial charge in [0.2, 0.25) is 0 Å². The van der Waals surface area contributed by atoms with E-state index < -0.39 is 15.4 Å². The highest BCUT2D eigenvalue weighted by Gasteiger charge is 2.34. The van der Waals surface area contributed by atoms with Crippen molar-refractivity contribution < 1.29 is 17.9 Å². The number of rotatable bonds is 3. The Bertz CT molecular complexity index is 968. The summed E-state index contributed by atoms with van der Waals surface area (Å²) in [6, 6.07) is 16.6. The molecule has 1 heterocycles. The first-order valence-electron chi connectivity index (χ1n) is 9.64. The van der Waals surface area contributed by atoms with Crippen molar-refractivity contribution >= 4 is 21.6 Å². The Balaban J connectivity index is 1.90. The first-order chi connectivity index (χ1) is 13.5. The molecule has 0 radical (unpaired) electrons. The fraction of sp³-hybridized carbons (Fsp3) is 0.409. The van der Waals surface area contributed by atoms with Crippen molar-refractivity contribution in [3.63, 3.8) is 0 Å². The summed E-state index contributed by atoms with van der Waals surface area (Å²) in [5, 5.41) is 0. The molecule has 0 aliphatic carbocycles. The van der Waals surface area contributed by atoms with Crippen molar-refractivity contribution in [2.45, 2.75) is 37.3 Å². The van der Waals surface area contributed by atoms with Crippen molar-refractivity contribution in [2.24, 2.45) is 0 Å². The van der Waals surface area contributed by atoms with E-state index in [1.54, 1.807) is 23.1 Å². The SMILES string of the molecule is CC(C)(C)OC(=O)N1CCN(c2cccc(S(C)(=O)=O)c2)CC1c1ccccc1. The van der Waals surface area contributed by atoms with E-state index in [9.17, 15) is 13.2 Å². The summed E-state index contributed by atoms with van der Waals surface area (Å²) in [7, 11) is -3.29. The number of benzene rings is 2. The molecule has 0 spiro atoms. The first kappa shape index (κ1) is 21.2. The number of carbonyl (C=O) groups is 1. The van der Waals surface area contributed by atoms with Gasteiger partial charge in [-0.1, -0.05) is 36.4 Å². The fourth-order valence-corrected chi connectivity index (χ4v) is 4.09. The van der Waals surface area contributed by atoms with Crippen molar-refractivity contribution in [1.29, 1.82) is 0 Å². The number of hydrogen-bond donors (Lipinski definition) is 0. The van der Waals surface area contributed by atoms with E-state index in [1.165, 1.54) is 6.26 Å². The third-order valence-electron chi connectivity index (χ3n) is 4.80. The van der Waals surface area contributed by atoms with Gasteiger partial charge in [0.05, 0.1) is 10.9 Å². The zero-order valence-corrected chi connectivity index (χ0v) is 18.1. The van der Waals surface area contributed by atoms with Crippen LogP contribution in [-0.2, 0) is 14.6 Å². The Morgan fingerprint density at radius 2 is 1.72 bits per heavy atom. The van der Waals surface area contributed by atoms with E-state index in [-0.39, 0.29) is 12.1 Å². The Kier molecular flexibility index (Phi) is 5.89. The zero-order chi connectivity index (χ0) is 21.2. The number of piperazine rings is 1. The summed E-state index contributed by atoms with van der Waals surface area (Å²) < 4.78 is 29.5. The molecule has 1 atom stereocenters. The predicted octanol–water partition coefficient (Wildman–Crippen LogP) is 3.89. The van der Waals surface area contributed by atoms with Crippen LogP contribution in [0.1, 0.15) is 32.4 Å². The van der Waals surface area contributed by atoms with Crippen molar-refractivity contribution in [3.8, 4) is 0 Å². The summed E-state index contributed by atoms with van der Waals surface area (Å²) >= 11 is 0. The largest absolute Gasteiger partial charge is 0.444 e. The van der Waals surface area contributed by atoms with Gasteiger partial charge in [-0.3, -0.25) is 4.90 Å². The number of anilines is 1. The Hall–Kier alpha value is -2.54. The molecule has 0 N–H and O–H groups in total. The molecule has 0 saturated carbocycles. The second-order valence-corrected chi connectivity index (χ2v) is 10.3. The van der Waals surface area contributed by atoms with Crippen LogP contribution < -0.4 is 4.90 Å². The second kappa shape index (κ2) is 8.06. The van der Waals surface area contributed by atoms with E-state index in [4.69, 9.17) is 4.74 Å². The number of carbonyl (C=O) groups excluding carboxylic acids is 1. The molecular weight excluding hydrogens is 388 g/mol. The number of nitrogens with zero attached hydrogens (tertiary/aromatic N) is 2. The molecule has 156 valence electrons. The van der Waals surface area contributed by atoms with Crippen molar-refractivity contribution in [3.05, 3.63) is 60.2 Å². The molecule has 7 heteroatoms. The van der Waals surface area contributed by atoms with Gasteiger partial charge >= 0.3 is 6.09 Å². The molecule has 29 heavy (non-hydrogen) atoms. The Morgan fingerprint density at radius 3 is 2.34 bits per heavy atom. The monoisotopic (exact) mass is 416 g/mol. The van der Waals surface area contributed by atoms with Gasteiger partial charge in [0.25, 0.3) is 0 Å². The Labute approximate surface area is 173 Å². The first-order valence-corrected chi connectivity index (χ1v) is 11.5. The van der Waals surface area contributed by atoms with E-state index in [2.05, 4.69) is 4.90 Å². The molecule has 1 unspecified atom stereocenters. The molecule has 1 fully saturated rings. The van der Waals surface area contributed by atoms with E-state index in [1.807, 2.05) is 57.2 Å². The van der Waals surface area contributed by atoms with Gasteiger partial charge in [-0.2, -0.15) is 0 Å². The van der Waals surface area contributed by atoms with Crippen LogP contribution in [-0.4, -0.2) is 50.9 Å². The lowest BCUT2D eigenvalue weighted by atomic mass is 10.0. The summed E-state index contributed by atoms with van der Waals surface area (Å²) in [4.78, 5) is 17.0. The van der Waals surface area contributed by atoms with E-state index in [0.717, 1.165) is 11.3 Å². The molecule has 2 aromatic carbocycles. The van der Waals surface area contributed by atoms with Gasteiger partial charge in [-0.25, -0.2) is 13.2 Å². The third kappa shape index (κ3) is 5.29. The zero-order valence-electron chi connectivity index (χ0n) is 17.3. The lowest BCUT2D eigenvalue weighted by molar-refractivity contribution is 0.0137. The van der Waals surface area contributed by atoms with Crippen LogP contribution in [0.25, 0.3) is 0 Å². The lowest BCUT2D eigenvalue weighted by Crippen LogP contribution is -2.52. The lowest BCUT2D eigenvalue weighted by Gasteiger charge is -2.43. The number of ether oxygens (including phenoxy) is 1. The smallest absolute Gasteiger partial charge is 0.410 e. The van der Waals surface area contributed by atoms with Crippen LogP contribution in [0.4, 0.5) is 10.5 Å². The summed E-state index contributed by atoms with van der Waals surface area (Å²) in [6.45, 7) is 7.20. The van der Waals surface area contributed by atoms with Crippen LogP contribution in [0.3, 0.4) is 0 Å². The molecular formula is C22H28N2O4S. The second-order valence-electron chi connectivity index (χ2n) is 8.32. The molecule has 1 aliphatic heterocycles. The normalized spacial score (nSPS) is 17.9. The van der Waals surface area contributed by atoms with Gasteiger partial charge < -0.3 is 9.64 Å². The van der Waals surface area contributed by atoms with Gasteiger partial charge in [-0.05, 0) is 44.5 Å². The summed E-state index contributed by atoms with van der Waals surface area (Å²) in [5.41, 5.74) is 1.28. The molecule has 1 amide bonds. The van der Waals surface area contributed by atoms with Crippen molar-refractivity contribution in [2.75, 3.05) is 30.8 Å². The molecule has 1 saturated heterocycles. The predicted molar refractivity (Wildman–Crippen MR) is 114 cm³/mol. The molecule has 3 rings (SSSR count). The minimum Gasteiger partial charge on any atom is -0.444 e. The van der Waals surface area contributed by atoms with Gasteiger partial charge in [-0.15, -0.1) is 0 Å². The number of hydrogen-bond acceptors (Lipinski definition) is 5. The average Bonchev–Trinajstić information content (AvgIpc) is 2.66. The van der Waals surface area contributed by atoms with Crippen LogP contribution in [0.5, 0.6) is 0 Å². The molecule has 0 aromatic heterocycles. The van der Waals surface area contributed by atoms with Gasteiger partial charge in [0, 0.05) is 31.6 Å². The van der Waals surface area contributed by atoms with Crippen LogP contribution in [0, 0.1) is 0 Å². The van der Waals surface area contributed by atoms with Gasteiger partial charge in [0.15, 0.2) is 9.84 Å². The molecule has 0 bridgehead atoms. The van der Waals surface area contributed by atoms with Crippen LogP contribution in [0.2, 0.25) is 0 Å². The minimum atomic E-state index is -3.29. The van der Waals surface area contributed by atoms with E-state index >= 15 is 0 Å². The molecule has 1 aliphatic rings. The highest BCUT2D eigenvalue weighted by Crippen LogP contribution is 2.30. The average molecular weight is 417 g/mol. The number of amides is 1. The maximum Gasteiger partial charge on any atom is 0.410 e. The number of sulfone groups is 1. The topological polar surface area (TPSA) is 66.9 Å².